The Morgan fingerprint density at radius 3 is 2.81 bits per heavy atom. The van der Waals surface area contributed by atoms with Crippen molar-refractivity contribution in [2.24, 2.45) is 0 Å². The van der Waals surface area contributed by atoms with Crippen LogP contribution in [0.3, 0.4) is 0 Å². The maximum Gasteiger partial charge on any atom is 0.340 e. The number of carbonyl (C=O) groups excluding carboxylic acids is 2. The summed E-state index contributed by atoms with van der Waals surface area (Å²) in [5, 5.41) is 5.62. The third-order valence-electron chi connectivity index (χ3n) is 2.71. The van der Waals surface area contributed by atoms with E-state index in [1.54, 1.807) is 12.1 Å². The monoisotopic (exact) mass is 288 g/mol. The number of ether oxygens (including phenoxy) is 1. The van der Waals surface area contributed by atoms with E-state index in [1.165, 1.54) is 0 Å². The Morgan fingerprint density at radius 1 is 1.33 bits per heavy atom. The van der Waals surface area contributed by atoms with Crippen LogP contribution in [-0.4, -0.2) is 31.6 Å². The third kappa shape index (κ3) is 6.00. The van der Waals surface area contributed by atoms with E-state index in [4.69, 9.17) is 11.2 Å². The molecule has 1 aromatic rings. The zero-order chi connectivity index (χ0) is 15.5. The number of nitrogens with one attached hydrogen (secondary N) is 2. The predicted molar refractivity (Wildman–Crippen MR) is 82.0 cm³/mol. The molecule has 1 aromatic carbocycles. The minimum absolute atomic E-state index is 0.117. The third-order valence-corrected chi connectivity index (χ3v) is 2.71. The number of benzene rings is 1. The van der Waals surface area contributed by atoms with Crippen LogP contribution >= 0.6 is 0 Å². The summed E-state index contributed by atoms with van der Waals surface area (Å²) in [6, 6.07) is 7.06. The van der Waals surface area contributed by atoms with Crippen molar-refractivity contribution in [3.05, 3.63) is 29.8 Å². The fraction of sp³-hybridized carbons (Fsp3) is 0.375. The molecule has 2 N–H and O–H groups in total. The van der Waals surface area contributed by atoms with Gasteiger partial charge in [0.05, 0.1) is 12.1 Å². The lowest BCUT2D eigenvalue weighted by Crippen LogP contribution is -2.29. The molecular formula is C16H20N2O3. The molecule has 0 heterocycles. The molecule has 1 rings (SSSR count). The minimum Gasteiger partial charge on any atom is -0.452 e. The van der Waals surface area contributed by atoms with Gasteiger partial charge in [0.1, 0.15) is 0 Å². The van der Waals surface area contributed by atoms with E-state index in [-0.39, 0.29) is 13.2 Å². The summed E-state index contributed by atoms with van der Waals surface area (Å²) in [6.07, 6.45) is 7.10. The number of amides is 1. The lowest BCUT2D eigenvalue weighted by molar-refractivity contribution is -0.123. The number of rotatable bonds is 8. The van der Waals surface area contributed by atoms with Crippen molar-refractivity contribution in [3.63, 3.8) is 0 Å². The molecule has 21 heavy (non-hydrogen) atoms. The first-order chi connectivity index (χ1) is 10.2. The van der Waals surface area contributed by atoms with E-state index in [0.29, 0.717) is 11.3 Å². The van der Waals surface area contributed by atoms with Gasteiger partial charge in [0.2, 0.25) is 0 Å². The summed E-state index contributed by atoms with van der Waals surface area (Å²) in [4.78, 5) is 23.3. The lowest BCUT2D eigenvalue weighted by atomic mass is 10.1. The van der Waals surface area contributed by atoms with Crippen LogP contribution in [0.4, 0.5) is 5.69 Å². The van der Waals surface area contributed by atoms with Crippen molar-refractivity contribution >= 4 is 17.6 Å². The minimum atomic E-state index is -0.537. The molecule has 0 aliphatic carbocycles. The highest BCUT2D eigenvalue weighted by molar-refractivity contribution is 5.96. The van der Waals surface area contributed by atoms with Gasteiger partial charge in [-0.1, -0.05) is 31.4 Å². The molecule has 0 fully saturated rings. The van der Waals surface area contributed by atoms with E-state index >= 15 is 0 Å². The Labute approximate surface area is 125 Å². The Morgan fingerprint density at radius 2 is 2.10 bits per heavy atom. The molecule has 0 saturated heterocycles. The van der Waals surface area contributed by atoms with Gasteiger partial charge in [-0.2, -0.15) is 0 Å². The summed E-state index contributed by atoms with van der Waals surface area (Å²) in [5.41, 5.74) is 1.12. The van der Waals surface area contributed by atoms with Gasteiger partial charge in [-0.15, -0.1) is 6.42 Å². The molecule has 0 aliphatic rings. The van der Waals surface area contributed by atoms with Gasteiger partial charge in [-0.25, -0.2) is 4.79 Å². The van der Waals surface area contributed by atoms with Crippen LogP contribution in [0, 0.1) is 12.3 Å². The number of hydrogen-bond donors (Lipinski definition) is 2. The number of anilines is 1. The van der Waals surface area contributed by atoms with Crippen LogP contribution in [-0.2, 0) is 9.53 Å². The number of unbranched alkanes of at least 4 members (excludes halogenated alkanes) is 1. The largest absolute Gasteiger partial charge is 0.452 e. The molecule has 112 valence electrons. The Kier molecular flexibility index (Phi) is 7.44. The number of terminal acetylenes is 1. The second kappa shape index (κ2) is 9.43. The molecule has 0 unspecified atom stereocenters. The Bertz CT molecular complexity index is 520. The standard InChI is InChI=1S/C16H20N2O3/c1-3-5-11-17-14-9-7-6-8-13(14)16(20)21-12-15(19)18-10-4-2/h2,6-9,17H,3,5,10-12H2,1H3,(H,18,19). The van der Waals surface area contributed by atoms with Crippen LogP contribution in [0.25, 0.3) is 0 Å². The van der Waals surface area contributed by atoms with Gasteiger partial charge in [-0.05, 0) is 18.6 Å². The maximum atomic E-state index is 12.0. The second-order valence-electron chi connectivity index (χ2n) is 4.38. The molecule has 0 atom stereocenters. The first kappa shape index (κ1) is 16.6. The fourth-order valence-corrected chi connectivity index (χ4v) is 1.62. The van der Waals surface area contributed by atoms with Crippen molar-refractivity contribution in [2.45, 2.75) is 19.8 Å². The summed E-state index contributed by atoms with van der Waals surface area (Å²) in [6.45, 7) is 2.65. The van der Waals surface area contributed by atoms with Gasteiger partial charge < -0.3 is 15.4 Å². The number of para-hydroxylation sites is 1. The highest BCUT2D eigenvalue weighted by atomic mass is 16.5. The highest BCUT2D eigenvalue weighted by Gasteiger charge is 2.13. The van der Waals surface area contributed by atoms with Crippen molar-refractivity contribution in [1.82, 2.24) is 5.32 Å². The van der Waals surface area contributed by atoms with E-state index in [0.717, 1.165) is 19.4 Å². The molecule has 0 radical (unpaired) electrons. The van der Waals surface area contributed by atoms with Gasteiger partial charge in [0.15, 0.2) is 6.61 Å². The van der Waals surface area contributed by atoms with Crippen LogP contribution < -0.4 is 10.6 Å². The number of carbonyl (C=O) groups is 2. The van der Waals surface area contributed by atoms with Crippen molar-refractivity contribution < 1.29 is 14.3 Å². The van der Waals surface area contributed by atoms with Gasteiger partial charge in [0.25, 0.3) is 5.91 Å². The maximum absolute atomic E-state index is 12.0. The van der Waals surface area contributed by atoms with Crippen LogP contribution in [0.2, 0.25) is 0 Å². The molecule has 5 heteroatoms. The normalized spacial score (nSPS) is 9.52. The molecule has 0 aromatic heterocycles. The van der Waals surface area contributed by atoms with Crippen LogP contribution in [0.15, 0.2) is 24.3 Å². The van der Waals surface area contributed by atoms with Crippen molar-refractivity contribution in [2.75, 3.05) is 25.0 Å². The molecular weight excluding hydrogens is 268 g/mol. The average Bonchev–Trinajstić information content (AvgIpc) is 2.51. The Hall–Kier alpha value is -2.48. The molecule has 5 nitrogen and oxygen atoms in total. The smallest absolute Gasteiger partial charge is 0.340 e. The molecule has 0 aliphatic heterocycles. The Balaban J connectivity index is 2.57. The summed E-state index contributed by atoms with van der Waals surface area (Å²) < 4.78 is 4.97. The summed E-state index contributed by atoms with van der Waals surface area (Å²) >= 11 is 0. The molecule has 0 bridgehead atoms. The van der Waals surface area contributed by atoms with E-state index in [2.05, 4.69) is 23.5 Å². The van der Waals surface area contributed by atoms with E-state index < -0.39 is 11.9 Å². The van der Waals surface area contributed by atoms with Gasteiger partial charge >= 0.3 is 5.97 Å². The topological polar surface area (TPSA) is 67.4 Å². The van der Waals surface area contributed by atoms with Crippen LogP contribution in [0.5, 0.6) is 0 Å². The van der Waals surface area contributed by atoms with Crippen molar-refractivity contribution in [3.8, 4) is 12.3 Å². The highest BCUT2D eigenvalue weighted by Crippen LogP contribution is 2.16. The zero-order valence-corrected chi connectivity index (χ0v) is 12.1. The number of esters is 1. The molecule has 1 amide bonds. The lowest BCUT2D eigenvalue weighted by Gasteiger charge is -2.11. The fourth-order valence-electron chi connectivity index (χ4n) is 1.62. The average molecular weight is 288 g/mol. The summed E-state index contributed by atoms with van der Waals surface area (Å²) in [7, 11) is 0. The molecule has 0 spiro atoms. The zero-order valence-electron chi connectivity index (χ0n) is 12.1. The first-order valence-electron chi connectivity index (χ1n) is 6.89. The van der Waals surface area contributed by atoms with Gasteiger partial charge in [0, 0.05) is 12.2 Å². The van der Waals surface area contributed by atoms with E-state index in [1.807, 2.05) is 12.1 Å². The van der Waals surface area contributed by atoms with E-state index in [9.17, 15) is 9.59 Å². The van der Waals surface area contributed by atoms with Crippen LogP contribution in [0.1, 0.15) is 30.1 Å². The number of hydrogen-bond acceptors (Lipinski definition) is 4. The summed E-state index contributed by atoms with van der Waals surface area (Å²) in [5.74, 6) is 1.32. The first-order valence-corrected chi connectivity index (χ1v) is 6.89. The van der Waals surface area contributed by atoms with Gasteiger partial charge in [-0.3, -0.25) is 4.79 Å². The van der Waals surface area contributed by atoms with Crippen molar-refractivity contribution in [1.29, 1.82) is 0 Å². The second-order valence-corrected chi connectivity index (χ2v) is 4.38. The predicted octanol–water partition coefficient (Wildman–Crippen LogP) is 1.80. The molecule has 0 saturated carbocycles. The SMILES string of the molecule is C#CCNC(=O)COC(=O)c1ccccc1NCCCC. The quantitative estimate of drug-likeness (QED) is 0.435.